The summed E-state index contributed by atoms with van der Waals surface area (Å²) in [5.74, 6) is 0.750. The monoisotopic (exact) mass is 466 g/mol. The Labute approximate surface area is 201 Å². The van der Waals surface area contributed by atoms with Gasteiger partial charge in [0.1, 0.15) is 20.0 Å². The van der Waals surface area contributed by atoms with E-state index in [1.54, 1.807) is 20.4 Å². The van der Waals surface area contributed by atoms with E-state index in [-0.39, 0.29) is 0 Å². The van der Waals surface area contributed by atoms with Gasteiger partial charge >= 0.3 is 0 Å². The first-order valence-corrected chi connectivity index (χ1v) is 11.5. The summed E-state index contributed by atoms with van der Waals surface area (Å²) in [6.07, 6.45) is 8.54. The molecule has 6 rings (SSSR count). The molecule has 0 radical (unpaired) electrons. The van der Waals surface area contributed by atoms with Crippen LogP contribution in [0.15, 0.2) is 60.9 Å². The lowest BCUT2D eigenvalue weighted by Gasteiger charge is -2.12. The Morgan fingerprint density at radius 2 is 1.43 bits per heavy atom. The van der Waals surface area contributed by atoms with Crippen LogP contribution in [0.4, 0.5) is 0 Å². The number of fused-ring (bicyclic) bond motifs is 8. The molecule has 5 aromatic heterocycles. The third-order valence-electron chi connectivity index (χ3n) is 6.37. The molecule has 0 spiro atoms. The summed E-state index contributed by atoms with van der Waals surface area (Å²) in [6, 6.07) is 16.6. The number of aromatic amines is 3. The van der Waals surface area contributed by atoms with Crippen molar-refractivity contribution in [1.82, 2.24) is 29.4 Å². The highest BCUT2D eigenvalue weighted by atomic mass is 16.6. The molecule has 0 aliphatic carbocycles. The summed E-state index contributed by atoms with van der Waals surface area (Å²) < 4.78 is 3.69. The fourth-order valence-corrected chi connectivity index (χ4v) is 4.84. The highest BCUT2D eigenvalue weighted by Crippen LogP contribution is 2.21. The minimum Gasteiger partial charge on any atom is -0.417 e. The van der Waals surface area contributed by atoms with E-state index in [0.717, 1.165) is 67.6 Å². The molecule has 0 atom stereocenters. The topological polar surface area (TPSA) is 88.6 Å². The molecule has 176 valence electrons. The van der Waals surface area contributed by atoms with Crippen molar-refractivity contribution in [1.29, 1.82) is 0 Å². The first-order valence-electron chi connectivity index (χ1n) is 11.5. The van der Waals surface area contributed by atoms with E-state index in [1.165, 1.54) is 0 Å². The fourth-order valence-electron chi connectivity index (χ4n) is 4.84. The molecule has 0 saturated carbocycles. The van der Waals surface area contributed by atoms with Gasteiger partial charge < -0.3 is 24.6 Å². The molecule has 8 heteroatoms. The Morgan fingerprint density at radius 1 is 0.771 bits per heavy atom. The van der Waals surface area contributed by atoms with E-state index in [2.05, 4.69) is 75.4 Å². The van der Waals surface area contributed by atoms with Crippen molar-refractivity contribution in [3.05, 3.63) is 111 Å². The molecule has 1 aliphatic rings. The van der Waals surface area contributed by atoms with E-state index in [4.69, 9.17) is 9.68 Å². The molecule has 5 aromatic rings. The maximum atomic E-state index is 5.84. The third-order valence-corrected chi connectivity index (χ3v) is 6.37. The van der Waals surface area contributed by atoms with Crippen LogP contribution >= 0.6 is 0 Å². The number of hydrogen-bond acceptors (Lipinski definition) is 3. The van der Waals surface area contributed by atoms with E-state index in [0.29, 0.717) is 0 Å². The largest absolute Gasteiger partial charge is 0.417 e. The van der Waals surface area contributed by atoms with Gasteiger partial charge in [0.25, 0.3) is 0 Å². The minimum absolute atomic E-state index is 0.750. The van der Waals surface area contributed by atoms with E-state index < -0.39 is 0 Å². The number of nitrogens with one attached hydrogen (secondary N) is 3. The molecule has 0 saturated heterocycles. The number of hydrogen-bond donors (Lipinski definition) is 3. The quantitative estimate of drug-likeness (QED) is 0.363. The molecule has 1 aliphatic heterocycles. The number of nitrogens with zero attached hydrogens (tertiary/aromatic N) is 3. The summed E-state index contributed by atoms with van der Waals surface area (Å²) in [4.78, 5) is 26.6. The van der Waals surface area contributed by atoms with E-state index in [1.807, 2.05) is 27.8 Å². The fraction of sp³-hybridized carbons (Fsp3) is 0.148. The zero-order valence-corrected chi connectivity index (χ0v) is 19.8. The predicted molar refractivity (Wildman–Crippen MR) is 134 cm³/mol. The highest BCUT2D eigenvalue weighted by Gasteiger charge is 2.18. The van der Waals surface area contributed by atoms with Crippen LogP contribution in [0.2, 0.25) is 0 Å². The predicted octanol–water partition coefficient (Wildman–Crippen LogP) is 0.613. The van der Waals surface area contributed by atoms with Crippen LogP contribution in [0.25, 0.3) is 23.3 Å². The Morgan fingerprint density at radius 3 is 2.06 bits per heavy atom. The standard InChI is InChI=1S/C27H26N6O2/c1-4-21-22-9-10-23(31-22)26(27-28-13-14-29-27)25-12-8-20(33(25)35-3)16-18-6-5-17(30-18)15-19-7-11-24(21)32(19)34-2/h5-16,30-31H,4H2,1-3H3,(H,28,29). The second kappa shape index (κ2) is 8.32. The number of H-pyrrole nitrogens is 3. The Bertz CT molecular complexity index is 1760. The van der Waals surface area contributed by atoms with Crippen molar-refractivity contribution in [2.45, 2.75) is 13.3 Å². The molecular weight excluding hydrogens is 440 g/mol. The van der Waals surface area contributed by atoms with Crippen molar-refractivity contribution in [2.75, 3.05) is 14.2 Å². The average molecular weight is 467 g/mol. The normalized spacial score (nSPS) is 12.9. The van der Waals surface area contributed by atoms with Gasteiger partial charge in [-0.2, -0.15) is 9.46 Å². The summed E-state index contributed by atoms with van der Waals surface area (Å²) >= 11 is 0. The maximum Gasteiger partial charge on any atom is 0.141 e. The molecule has 35 heavy (non-hydrogen) atoms. The average Bonchev–Trinajstić information content (AvgIpc) is 3.68. The molecule has 8 nitrogen and oxygen atoms in total. The van der Waals surface area contributed by atoms with Crippen molar-refractivity contribution >= 4 is 23.3 Å². The molecule has 8 bridgehead atoms. The van der Waals surface area contributed by atoms with Gasteiger partial charge in [-0.25, -0.2) is 4.98 Å². The Hall–Kier alpha value is -4.59. The second-order valence-electron chi connectivity index (χ2n) is 8.33. The second-order valence-corrected chi connectivity index (χ2v) is 8.33. The van der Waals surface area contributed by atoms with Crippen molar-refractivity contribution in [3.8, 4) is 0 Å². The van der Waals surface area contributed by atoms with Crippen LogP contribution < -0.4 is 31.1 Å². The molecule has 0 amide bonds. The van der Waals surface area contributed by atoms with E-state index in [9.17, 15) is 0 Å². The Kier molecular flexibility index (Phi) is 4.99. The SMILES string of the molecule is CCC1=c2ccc([nH]2)=C(c2ncc[nH]2)c2ccc(n2OC)C=c2ccc([nH]2)=Cc2ccc1n2OC. The molecule has 6 heterocycles. The van der Waals surface area contributed by atoms with Gasteiger partial charge in [0.15, 0.2) is 0 Å². The molecule has 0 unspecified atom stereocenters. The first kappa shape index (κ1) is 21.0. The zero-order chi connectivity index (χ0) is 23.9. The number of imidazole rings is 1. The molecular formula is C27H26N6O2. The van der Waals surface area contributed by atoms with Crippen LogP contribution in [0.3, 0.4) is 0 Å². The molecule has 0 aromatic carbocycles. The van der Waals surface area contributed by atoms with Gasteiger partial charge in [-0.15, -0.1) is 0 Å². The van der Waals surface area contributed by atoms with Crippen molar-refractivity contribution < 1.29 is 9.68 Å². The molecule has 3 N–H and O–H groups in total. The summed E-state index contributed by atoms with van der Waals surface area (Å²) in [6.45, 7) is 2.15. The third kappa shape index (κ3) is 3.42. The van der Waals surface area contributed by atoms with Gasteiger partial charge in [-0.3, -0.25) is 0 Å². The van der Waals surface area contributed by atoms with Gasteiger partial charge in [-0.1, -0.05) is 6.92 Å². The van der Waals surface area contributed by atoms with Crippen molar-refractivity contribution in [2.24, 2.45) is 0 Å². The van der Waals surface area contributed by atoms with Gasteiger partial charge in [0.05, 0.1) is 33.7 Å². The number of aromatic nitrogens is 6. The Balaban J connectivity index is 1.78. The van der Waals surface area contributed by atoms with Crippen molar-refractivity contribution in [3.63, 3.8) is 0 Å². The highest BCUT2D eigenvalue weighted by molar-refractivity contribution is 5.75. The summed E-state index contributed by atoms with van der Waals surface area (Å²) in [7, 11) is 3.37. The van der Waals surface area contributed by atoms with Gasteiger partial charge in [0, 0.05) is 34.0 Å². The van der Waals surface area contributed by atoms with Crippen LogP contribution in [0.5, 0.6) is 0 Å². The van der Waals surface area contributed by atoms with E-state index >= 15 is 0 Å². The lowest BCUT2D eigenvalue weighted by Crippen LogP contribution is -2.22. The lowest BCUT2D eigenvalue weighted by atomic mass is 10.1. The van der Waals surface area contributed by atoms with Gasteiger partial charge in [0.2, 0.25) is 0 Å². The smallest absolute Gasteiger partial charge is 0.141 e. The summed E-state index contributed by atoms with van der Waals surface area (Å²) in [5, 5.41) is 3.89. The molecule has 0 fully saturated rings. The first-order chi connectivity index (χ1) is 17.2. The van der Waals surface area contributed by atoms with Gasteiger partial charge in [-0.05, 0) is 67.1 Å². The number of rotatable bonds is 4. The van der Waals surface area contributed by atoms with Crippen LogP contribution in [0, 0.1) is 0 Å². The zero-order valence-electron chi connectivity index (χ0n) is 19.8. The summed E-state index contributed by atoms with van der Waals surface area (Å²) in [5.41, 5.74) is 5.80. The van der Waals surface area contributed by atoms with Crippen LogP contribution in [0.1, 0.15) is 41.9 Å². The maximum absolute atomic E-state index is 5.84. The van der Waals surface area contributed by atoms with Crippen LogP contribution in [-0.4, -0.2) is 43.6 Å². The lowest BCUT2D eigenvalue weighted by molar-refractivity contribution is 0.164. The minimum atomic E-state index is 0.750. The van der Waals surface area contributed by atoms with Crippen LogP contribution in [-0.2, 0) is 0 Å².